The molecule has 0 amide bonds. The number of aliphatic hydroxyl groups is 1. The lowest BCUT2D eigenvalue weighted by molar-refractivity contribution is -0.124. The Balaban J connectivity index is 1.28. The molecule has 0 radical (unpaired) electrons. The van der Waals surface area contributed by atoms with Crippen LogP contribution in [0.4, 0.5) is 11.4 Å². The molecular weight excluding hydrogens is 408 g/mol. The second-order valence-electron chi connectivity index (χ2n) is 12.6. The van der Waals surface area contributed by atoms with E-state index < -0.39 is 5.60 Å². The van der Waals surface area contributed by atoms with Crippen LogP contribution in [-0.2, 0) is 4.74 Å². The topological polar surface area (TPSA) is 67.5 Å². The summed E-state index contributed by atoms with van der Waals surface area (Å²) in [5.74, 6) is 4.92. The first-order valence-electron chi connectivity index (χ1n) is 13.6. The van der Waals surface area contributed by atoms with Gasteiger partial charge in [-0.2, -0.15) is 0 Å². The van der Waals surface area contributed by atoms with Crippen LogP contribution < -0.4 is 11.1 Å². The number of nitrogens with two attached hydrogens (primary N) is 1. The van der Waals surface area contributed by atoms with E-state index in [0.717, 1.165) is 48.1 Å². The highest BCUT2D eigenvalue weighted by Crippen LogP contribution is 2.65. The van der Waals surface area contributed by atoms with Crippen LogP contribution in [0.15, 0.2) is 18.2 Å². The second kappa shape index (κ2) is 8.75. The Labute approximate surface area is 201 Å². The van der Waals surface area contributed by atoms with E-state index in [4.69, 9.17) is 10.5 Å². The van der Waals surface area contributed by atoms with Crippen molar-refractivity contribution < 1.29 is 9.84 Å². The number of hydrogen-bond donors (Lipinski definition) is 3. The van der Waals surface area contributed by atoms with Gasteiger partial charge in [-0.05, 0) is 136 Å². The van der Waals surface area contributed by atoms with Crippen LogP contribution >= 0.6 is 0 Å². The Morgan fingerprint density at radius 3 is 2.64 bits per heavy atom. The maximum atomic E-state index is 11.0. The number of methoxy groups -OCH3 is 1. The van der Waals surface area contributed by atoms with Crippen LogP contribution in [0.1, 0.15) is 77.2 Å². The fourth-order valence-electron chi connectivity index (χ4n) is 9.42. The smallest absolute Gasteiger partial charge is 0.0882 e. The molecule has 1 unspecified atom stereocenters. The molecule has 4 aliphatic carbocycles. The molecular formula is C29H46N2O2. The van der Waals surface area contributed by atoms with Crippen molar-refractivity contribution in [1.29, 1.82) is 0 Å². The lowest BCUT2D eigenvalue weighted by Gasteiger charge is -2.57. The van der Waals surface area contributed by atoms with Crippen molar-refractivity contribution >= 4 is 11.4 Å². The maximum absolute atomic E-state index is 11.0. The van der Waals surface area contributed by atoms with Crippen LogP contribution in [-0.4, -0.2) is 30.5 Å². The van der Waals surface area contributed by atoms with E-state index in [0.29, 0.717) is 24.0 Å². The summed E-state index contributed by atoms with van der Waals surface area (Å²) in [6.45, 7) is 7.70. The van der Waals surface area contributed by atoms with E-state index in [1.54, 1.807) is 7.11 Å². The molecule has 9 atom stereocenters. The number of nitrogens with one attached hydrogen (secondary N) is 1. The Hall–Kier alpha value is -1.26. The van der Waals surface area contributed by atoms with Crippen LogP contribution in [0.2, 0.25) is 0 Å². The Morgan fingerprint density at radius 2 is 1.88 bits per heavy atom. The minimum absolute atomic E-state index is 0.452. The Bertz CT molecular complexity index is 858. The summed E-state index contributed by atoms with van der Waals surface area (Å²) in [6, 6.07) is 6.73. The lowest BCUT2D eigenvalue weighted by atomic mass is 9.48. The molecule has 0 saturated heterocycles. The van der Waals surface area contributed by atoms with E-state index in [9.17, 15) is 5.11 Å². The van der Waals surface area contributed by atoms with Gasteiger partial charge in [0.15, 0.2) is 0 Å². The molecule has 0 aliphatic heterocycles. The van der Waals surface area contributed by atoms with Gasteiger partial charge in [0.1, 0.15) is 0 Å². The molecule has 0 heterocycles. The number of anilines is 2. The number of fused-ring (bicyclic) bond motifs is 5. The molecule has 1 aromatic rings. The van der Waals surface area contributed by atoms with Crippen molar-refractivity contribution in [1.82, 2.24) is 0 Å². The zero-order valence-electron chi connectivity index (χ0n) is 21.3. The molecule has 4 saturated carbocycles. The van der Waals surface area contributed by atoms with Gasteiger partial charge in [0.25, 0.3) is 0 Å². The standard InChI is InChI=1S/C29H46N2O2/c1-18-15-21(30)6-10-27(18)31-19(2)25-8-9-26-24-7-5-20-16-29(32,17-33-4)14-12-22(20)23(24)11-13-28(25,26)3/h6,10,15,19-20,22-26,31-32H,5,7-9,11-14,16-17,30H2,1-4H3/t19-,20-,22+,23-,24-,25-,26?,28-,29-/m1/s1. The second-order valence-corrected chi connectivity index (χ2v) is 12.6. The van der Waals surface area contributed by atoms with Crippen molar-refractivity contribution in [2.45, 2.75) is 90.2 Å². The molecule has 4 heteroatoms. The predicted octanol–water partition coefficient (Wildman–Crippen LogP) is 6.02. The van der Waals surface area contributed by atoms with Crippen LogP contribution in [0.5, 0.6) is 0 Å². The van der Waals surface area contributed by atoms with Crippen molar-refractivity contribution in [3.8, 4) is 0 Å². The van der Waals surface area contributed by atoms with Crippen LogP contribution in [0.25, 0.3) is 0 Å². The zero-order valence-corrected chi connectivity index (χ0v) is 21.3. The Kier molecular flexibility index (Phi) is 6.23. The average molecular weight is 455 g/mol. The van der Waals surface area contributed by atoms with Crippen molar-refractivity contribution in [3.63, 3.8) is 0 Å². The molecule has 4 nitrogen and oxygen atoms in total. The molecule has 1 aromatic carbocycles. The highest BCUT2D eigenvalue weighted by Gasteiger charge is 2.58. The molecule has 4 fully saturated rings. The Morgan fingerprint density at radius 1 is 1.09 bits per heavy atom. The zero-order chi connectivity index (χ0) is 23.4. The third-order valence-corrected chi connectivity index (χ3v) is 10.8. The summed E-state index contributed by atoms with van der Waals surface area (Å²) < 4.78 is 5.37. The van der Waals surface area contributed by atoms with Gasteiger partial charge in [0.05, 0.1) is 12.2 Å². The van der Waals surface area contributed by atoms with E-state index in [1.807, 2.05) is 6.07 Å². The van der Waals surface area contributed by atoms with Gasteiger partial charge >= 0.3 is 0 Å². The fourth-order valence-corrected chi connectivity index (χ4v) is 9.42. The normalized spacial score (nSPS) is 43.3. The largest absolute Gasteiger partial charge is 0.399 e. The van der Waals surface area contributed by atoms with Gasteiger partial charge < -0.3 is 20.9 Å². The van der Waals surface area contributed by atoms with Gasteiger partial charge in [-0.15, -0.1) is 0 Å². The van der Waals surface area contributed by atoms with Gasteiger partial charge in [0, 0.05) is 24.5 Å². The molecule has 33 heavy (non-hydrogen) atoms. The van der Waals surface area contributed by atoms with E-state index in [1.165, 1.54) is 56.2 Å². The minimum atomic E-state index is -0.578. The number of aryl methyl sites for hydroxylation is 1. The predicted molar refractivity (Wildman–Crippen MR) is 136 cm³/mol. The van der Waals surface area contributed by atoms with Gasteiger partial charge in [0.2, 0.25) is 0 Å². The van der Waals surface area contributed by atoms with Gasteiger partial charge in [-0.1, -0.05) is 6.92 Å². The van der Waals surface area contributed by atoms with Crippen molar-refractivity contribution in [2.75, 3.05) is 24.8 Å². The first-order chi connectivity index (χ1) is 15.7. The summed E-state index contributed by atoms with van der Waals surface area (Å²) in [5, 5.41) is 14.9. The third kappa shape index (κ3) is 4.10. The summed E-state index contributed by atoms with van der Waals surface area (Å²) in [6.07, 6.45) is 11.3. The molecule has 4 aliphatic rings. The number of benzene rings is 1. The quantitative estimate of drug-likeness (QED) is 0.476. The molecule has 0 aromatic heterocycles. The minimum Gasteiger partial charge on any atom is -0.399 e. The highest BCUT2D eigenvalue weighted by molar-refractivity contribution is 5.58. The fraction of sp³-hybridized carbons (Fsp3) is 0.793. The lowest BCUT2D eigenvalue weighted by Crippen LogP contribution is -2.52. The first kappa shape index (κ1) is 23.5. The molecule has 4 N–H and O–H groups in total. The van der Waals surface area contributed by atoms with Crippen LogP contribution in [0, 0.1) is 47.8 Å². The summed E-state index contributed by atoms with van der Waals surface area (Å²) in [4.78, 5) is 0. The van der Waals surface area contributed by atoms with E-state index >= 15 is 0 Å². The monoisotopic (exact) mass is 454 g/mol. The van der Waals surface area contributed by atoms with Gasteiger partial charge in [-0.3, -0.25) is 0 Å². The molecule has 0 bridgehead atoms. The first-order valence-corrected chi connectivity index (χ1v) is 13.6. The summed E-state index contributed by atoms with van der Waals surface area (Å²) in [5.41, 5.74) is 9.18. The number of hydrogen-bond acceptors (Lipinski definition) is 4. The number of ether oxygens (including phenoxy) is 1. The van der Waals surface area contributed by atoms with Gasteiger partial charge in [-0.25, -0.2) is 0 Å². The summed E-state index contributed by atoms with van der Waals surface area (Å²) in [7, 11) is 1.73. The van der Waals surface area contributed by atoms with E-state index in [-0.39, 0.29) is 0 Å². The maximum Gasteiger partial charge on any atom is 0.0882 e. The number of rotatable bonds is 5. The average Bonchev–Trinajstić information content (AvgIpc) is 3.12. The molecule has 184 valence electrons. The molecule has 0 spiro atoms. The van der Waals surface area contributed by atoms with Crippen molar-refractivity contribution in [2.24, 2.45) is 40.9 Å². The van der Waals surface area contributed by atoms with Crippen LogP contribution in [0.3, 0.4) is 0 Å². The summed E-state index contributed by atoms with van der Waals surface area (Å²) >= 11 is 0. The van der Waals surface area contributed by atoms with Crippen molar-refractivity contribution in [3.05, 3.63) is 23.8 Å². The highest BCUT2D eigenvalue weighted by atomic mass is 16.5. The SMILES string of the molecule is COC[C@@]1(O)CC[C@H]2[C@H](CC[C@H]3C4CC[C@H]([C@@H](C)Nc5ccc(N)cc5C)[C@@]4(C)CC[C@H]23)C1. The third-order valence-electron chi connectivity index (χ3n) is 10.8. The number of nitrogen functional groups attached to an aromatic ring is 1. The van der Waals surface area contributed by atoms with E-state index in [2.05, 4.69) is 38.2 Å². The molecule has 5 rings (SSSR count).